The molecule has 0 bridgehead atoms. The molecule has 0 saturated heterocycles. The van der Waals surface area contributed by atoms with E-state index in [2.05, 4.69) is 26.6 Å². The van der Waals surface area contributed by atoms with Crippen LogP contribution in [0.3, 0.4) is 0 Å². The highest BCUT2D eigenvalue weighted by Crippen LogP contribution is 2.13. The van der Waals surface area contributed by atoms with Crippen molar-refractivity contribution in [1.29, 1.82) is 0 Å². The van der Waals surface area contributed by atoms with Crippen molar-refractivity contribution in [2.75, 3.05) is 19.7 Å². The number of carbonyl (C=O) groups excluding carboxylic acids is 8. The normalized spacial score (nSPS) is 15.0. The predicted molar refractivity (Wildman–Crippen MR) is 185 cm³/mol. The first-order valence-electron chi connectivity index (χ1n) is 16.9. The maximum absolute atomic E-state index is 13.7. The number of amides is 8. The van der Waals surface area contributed by atoms with Crippen LogP contribution in [-0.4, -0.2) is 119 Å². The van der Waals surface area contributed by atoms with Gasteiger partial charge < -0.3 is 65.0 Å². The van der Waals surface area contributed by atoms with Gasteiger partial charge in [0.25, 0.3) is 0 Å². The number of primary amides is 2. The fourth-order valence-electron chi connectivity index (χ4n) is 4.69. The lowest BCUT2D eigenvalue weighted by molar-refractivity contribution is -0.139. The lowest BCUT2D eigenvalue weighted by Gasteiger charge is -2.29. The minimum Gasteiger partial charge on any atom is -0.480 e. The average Bonchev–Trinajstić information content (AvgIpc) is 3.06. The van der Waals surface area contributed by atoms with E-state index in [9.17, 15) is 48.3 Å². The molecule has 16 N–H and O–H groups in total. The smallest absolute Gasteiger partial charge is 0.322 e. The van der Waals surface area contributed by atoms with Crippen LogP contribution in [0.2, 0.25) is 0 Å². The van der Waals surface area contributed by atoms with Crippen LogP contribution < -0.4 is 54.8 Å². The van der Waals surface area contributed by atoms with E-state index in [0.29, 0.717) is 25.8 Å². The van der Waals surface area contributed by atoms with Crippen LogP contribution in [0.25, 0.3) is 0 Å². The quantitative estimate of drug-likeness (QED) is 0.0369. The lowest BCUT2D eigenvalue weighted by Crippen LogP contribution is -2.61. The van der Waals surface area contributed by atoms with E-state index in [0.717, 1.165) is 0 Å². The zero-order valence-corrected chi connectivity index (χ0v) is 30.1. The number of carboxylic acids is 1. The third-order valence-electron chi connectivity index (χ3n) is 7.74. The van der Waals surface area contributed by atoms with Crippen LogP contribution in [0, 0.1) is 11.8 Å². The molecular formula is C31H56N10O11. The third-order valence-corrected chi connectivity index (χ3v) is 7.74. The molecule has 0 saturated carbocycles. The van der Waals surface area contributed by atoms with E-state index >= 15 is 0 Å². The summed E-state index contributed by atoms with van der Waals surface area (Å²) in [7, 11) is 0. The summed E-state index contributed by atoms with van der Waals surface area (Å²) in [5.41, 5.74) is 21.6. The Labute approximate surface area is 301 Å². The van der Waals surface area contributed by atoms with Gasteiger partial charge in [0, 0.05) is 0 Å². The Morgan fingerprint density at radius 1 is 0.654 bits per heavy atom. The van der Waals surface area contributed by atoms with Gasteiger partial charge in [0.1, 0.15) is 42.8 Å². The van der Waals surface area contributed by atoms with Gasteiger partial charge in [-0.2, -0.15) is 0 Å². The van der Waals surface area contributed by atoms with Crippen molar-refractivity contribution >= 4 is 53.2 Å². The first-order chi connectivity index (χ1) is 24.3. The van der Waals surface area contributed by atoms with Gasteiger partial charge in [0.05, 0.1) is 19.4 Å². The summed E-state index contributed by atoms with van der Waals surface area (Å²) in [6.45, 7) is 5.72. The predicted octanol–water partition coefficient (Wildman–Crippen LogP) is -5.10. The molecule has 0 aromatic rings. The third kappa shape index (κ3) is 18.4. The highest BCUT2D eigenvalue weighted by atomic mass is 16.4. The number of hydrogen-bond acceptors (Lipinski definition) is 12. The van der Waals surface area contributed by atoms with Gasteiger partial charge >= 0.3 is 5.97 Å². The molecular weight excluding hydrogens is 688 g/mol. The van der Waals surface area contributed by atoms with Crippen molar-refractivity contribution in [3.63, 3.8) is 0 Å². The first-order valence-corrected chi connectivity index (χ1v) is 16.9. The second-order valence-corrected chi connectivity index (χ2v) is 12.8. The number of hydrogen-bond donors (Lipinski definition) is 12. The largest absolute Gasteiger partial charge is 0.480 e. The summed E-state index contributed by atoms with van der Waals surface area (Å²) >= 11 is 0. The number of aliphatic carboxylic acids is 1. The topological polar surface area (TPSA) is 370 Å². The van der Waals surface area contributed by atoms with Gasteiger partial charge in [-0.05, 0) is 44.1 Å². The van der Waals surface area contributed by atoms with Crippen molar-refractivity contribution < 1.29 is 53.4 Å². The Morgan fingerprint density at radius 2 is 1.13 bits per heavy atom. The molecule has 52 heavy (non-hydrogen) atoms. The fourth-order valence-corrected chi connectivity index (χ4v) is 4.69. The van der Waals surface area contributed by atoms with Gasteiger partial charge in [-0.25, -0.2) is 0 Å². The van der Waals surface area contributed by atoms with Crippen molar-refractivity contribution in [2.45, 2.75) is 109 Å². The fraction of sp³-hybridized carbons (Fsp3) is 0.710. The number of nitrogens with two attached hydrogens (primary N) is 4. The van der Waals surface area contributed by atoms with Crippen LogP contribution in [-0.2, 0) is 43.2 Å². The lowest BCUT2D eigenvalue weighted by atomic mass is 9.96. The second kappa shape index (κ2) is 24.3. The summed E-state index contributed by atoms with van der Waals surface area (Å²) in [5.74, 6) is -9.69. The Bertz CT molecular complexity index is 1270. The molecule has 8 amide bonds. The van der Waals surface area contributed by atoms with Gasteiger partial charge in [-0.1, -0.05) is 34.1 Å². The van der Waals surface area contributed by atoms with Gasteiger partial charge in [0.15, 0.2) is 0 Å². The second-order valence-electron chi connectivity index (χ2n) is 12.8. The molecule has 0 heterocycles. The number of aliphatic hydroxyl groups excluding tert-OH is 1. The molecule has 0 radical (unpaired) electrons. The van der Waals surface area contributed by atoms with Gasteiger partial charge in [0.2, 0.25) is 47.3 Å². The highest BCUT2D eigenvalue weighted by molar-refractivity contribution is 5.99. The van der Waals surface area contributed by atoms with Crippen molar-refractivity contribution in [3.8, 4) is 0 Å². The molecule has 0 aromatic heterocycles. The maximum atomic E-state index is 13.7. The molecule has 0 spiro atoms. The number of carboxylic acid groups (broad SMARTS) is 1. The van der Waals surface area contributed by atoms with E-state index < -0.39 is 121 Å². The molecule has 296 valence electrons. The molecule has 21 heteroatoms. The SMILES string of the molecule is CC[C@H](C)[C@H](NC(=O)[C@H](CC(C)C)NC(=O)[C@H](CCCCN)NC(=O)[C@@H](N)CO)C(=O)N[C@@H](CC(N)=O)C(=O)N[C@@H](CC(N)=O)C(=O)NCC(=O)O. The number of rotatable bonds is 26. The van der Waals surface area contributed by atoms with Crippen molar-refractivity contribution in [1.82, 2.24) is 31.9 Å². The van der Waals surface area contributed by atoms with E-state index in [1.807, 2.05) is 5.32 Å². The van der Waals surface area contributed by atoms with E-state index in [1.165, 1.54) is 0 Å². The molecule has 0 rings (SSSR count). The summed E-state index contributed by atoms with van der Waals surface area (Å²) in [6, 6.07) is -8.37. The number of nitrogens with one attached hydrogen (secondary N) is 6. The summed E-state index contributed by atoms with van der Waals surface area (Å²) in [4.78, 5) is 113. The molecule has 0 aliphatic carbocycles. The molecule has 21 nitrogen and oxygen atoms in total. The highest BCUT2D eigenvalue weighted by Gasteiger charge is 2.35. The Hall–Kier alpha value is -4.89. The van der Waals surface area contributed by atoms with E-state index in [-0.39, 0.29) is 18.8 Å². The molecule has 0 aliphatic rings. The number of aliphatic hydroxyl groups is 1. The summed E-state index contributed by atoms with van der Waals surface area (Å²) in [6.07, 6.45) is 0.0199. The monoisotopic (exact) mass is 744 g/mol. The molecule has 0 unspecified atom stereocenters. The van der Waals surface area contributed by atoms with Crippen molar-refractivity contribution in [3.05, 3.63) is 0 Å². The minimum atomic E-state index is -1.72. The van der Waals surface area contributed by atoms with E-state index in [4.69, 9.17) is 28.0 Å². The number of unbranched alkanes of at least 4 members (excludes halogenated alkanes) is 1. The first kappa shape index (κ1) is 47.1. The molecule has 0 aromatic carbocycles. The van der Waals surface area contributed by atoms with Crippen LogP contribution in [0.5, 0.6) is 0 Å². The van der Waals surface area contributed by atoms with Crippen LogP contribution in [0.1, 0.15) is 72.6 Å². The average molecular weight is 745 g/mol. The maximum Gasteiger partial charge on any atom is 0.322 e. The number of carbonyl (C=O) groups is 9. The zero-order chi connectivity index (χ0) is 40.1. The summed E-state index contributed by atoms with van der Waals surface area (Å²) < 4.78 is 0. The van der Waals surface area contributed by atoms with Gasteiger partial charge in [-0.15, -0.1) is 0 Å². The zero-order valence-electron chi connectivity index (χ0n) is 30.1. The Morgan fingerprint density at radius 3 is 1.62 bits per heavy atom. The molecule has 0 aliphatic heterocycles. The Balaban J connectivity index is 6.26. The van der Waals surface area contributed by atoms with E-state index in [1.54, 1.807) is 27.7 Å². The standard InChI is InChI=1S/C31H56N10O11/c1-5-16(4)25(31(52)40-21(12-23(35)44)29(50)39-20(11-22(34)43)27(48)36-13-24(45)46)41-30(51)19(10-15(2)3)38-28(49)18(8-6-7-9-32)37-26(47)17(33)14-42/h15-21,25,42H,5-14,32-33H2,1-4H3,(H2,34,43)(H2,35,44)(H,36,48)(H,37,47)(H,38,49)(H,39,50)(H,40,52)(H,41,51)(H,45,46)/t16-,17-,18-,19-,20-,21-,25-/m0/s1. The molecule has 7 atom stereocenters. The minimum absolute atomic E-state index is 0.101. The van der Waals surface area contributed by atoms with Crippen LogP contribution in [0.15, 0.2) is 0 Å². The molecule has 0 fully saturated rings. The summed E-state index contributed by atoms with van der Waals surface area (Å²) in [5, 5.41) is 32.3. The van der Waals surface area contributed by atoms with Gasteiger partial charge in [-0.3, -0.25) is 43.2 Å². The van der Waals surface area contributed by atoms with Crippen LogP contribution >= 0.6 is 0 Å². The Kier molecular flexibility index (Phi) is 22.0. The van der Waals surface area contributed by atoms with Crippen molar-refractivity contribution in [2.24, 2.45) is 34.8 Å². The van der Waals surface area contributed by atoms with Crippen LogP contribution in [0.4, 0.5) is 0 Å².